The summed E-state index contributed by atoms with van der Waals surface area (Å²) in [6.45, 7) is 5.32. The van der Waals surface area contributed by atoms with E-state index in [0.717, 1.165) is 31.5 Å². The highest BCUT2D eigenvalue weighted by molar-refractivity contribution is 5.81. The number of ether oxygens (including phenoxy) is 3. The van der Waals surface area contributed by atoms with Gasteiger partial charge in [0.2, 0.25) is 11.7 Å². The Bertz CT molecular complexity index is 567. The summed E-state index contributed by atoms with van der Waals surface area (Å²) in [4.78, 5) is 14.4. The average Bonchev–Trinajstić information content (AvgIpc) is 2.65. The summed E-state index contributed by atoms with van der Waals surface area (Å²) in [5.41, 5.74) is 1.01. The third kappa shape index (κ3) is 3.75. The minimum Gasteiger partial charge on any atom is -0.493 e. The van der Waals surface area contributed by atoms with Crippen LogP contribution in [0.15, 0.2) is 12.1 Å². The molecule has 0 bridgehead atoms. The lowest BCUT2D eigenvalue weighted by Gasteiger charge is -2.29. The lowest BCUT2D eigenvalue weighted by atomic mass is 10.1. The second-order valence-electron chi connectivity index (χ2n) is 6.31. The standard InChI is InChI=1S/C18H26N2O4/c1-13(18(21)20-6-4-3-5-7-20)19-12-14-10-15(22-2)17-16(11-14)23-8-9-24-17/h10-11,13,19H,3-9,12H2,1-2H3. The van der Waals surface area contributed by atoms with Gasteiger partial charge in [-0.2, -0.15) is 0 Å². The van der Waals surface area contributed by atoms with Gasteiger partial charge in [-0.3, -0.25) is 4.79 Å². The van der Waals surface area contributed by atoms with Gasteiger partial charge in [0.25, 0.3) is 0 Å². The highest BCUT2D eigenvalue weighted by Crippen LogP contribution is 2.40. The van der Waals surface area contributed by atoms with Crippen molar-refractivity contribution in [3.8, 4) is 17.2 Å². The van der Waals surface area contributed by atoms with Gasteiger partial charge < -0.3 is 24.4 Å². The van der Waals surface area contributed by atoms with E-state index in [9.17, 15) is 4.79 Å². The molecular weight excluding hydrogens is 308 g/mol. The van der Waals surface area contributed by atoms with Gasteiger partial charge in [-0.05, 0) is 43.9 Å². The molecule has 3 rings (SSSR count). The molecule has 6 heteroatoms. The van der Waals surface area contributed by atoms with E-state index in [0.29, 0.717) is 37.0 Å². The largest absolute Gasteiger partial charge is 0.493 e. The van der Waals surface area contributed by atoms with Crippen LogP contribution < -0.4 is 19.5 Å². The molecule has 2 aliphatic rings. The van der Waals surface area contributed by atoms with Crippen LogP contribution in [0.25, 0.3) is 0 Å². The summed E-state index contributed by atoms with van der Waals surface area (Å²) < 4.78 is 16.7. The van der Waals surface area contributed by atoms with Crippen LogP contribution in [0, 0.1) is 0 Å². The summed E-state index contributed by atoms with van der Waals surface area (Å²) >= 11 is 0. The first kappa shape index (κ1) is 16.9. The number of amides is 1. The maximum atomic E-state index is 12.5. The monoisotopic (exact) mass is 334 g/mol. The predicted molar refractivity (Wildman–Crippen MR) is 90.7 cm³/mol. The molecule has 0 aromatic heterocycles. The molecular formula is C18H26N2O4. The summed E-state index contributed by atoms with van der Waals surface area (Å²) in [7, 11) is 1.62. The molecule has 1 atom stereocenters. The Labute approximate surface area is 143 Å². The predicted octanol–water partition coefficient (Wildman–Crippen LogP) is 1.96. The van der Waals surface area contributed by atoms with Crippen molar-refractivity contribution in [1.82, 2.24) is 10.2 Å². The van der Waals surface area contributed by atoms with Crippen LogP contribution in [0.3, 0.4) is 0 Å². The van der Waals surface area contributed by atoms with E-state index in [-0.39, 0.29) is 11.9 Å². The number of hydrogen-bond donors (Lipinski definition) is 1. The van der Waals surface area contributed by atoms with E-state index in [1.807, 2.05) is 24.0 Å². The number of rotatable bonds is 5. The maximum absolute atomic E-state index is 12.5. The fourth-order valence-corrected chi connectivity index (χ4v) is 3.18. The SMILES string of the molecule is COc1cc(CNC(C)C(=O)N2CCCCC2)cc2c1OCCO2. The smallest absolute Gasteiger partial charge is 0.239 e. The van der Waals surface area contributed by atoms with Gasteiger partial charge in [0.05, 0.1) is 13.2 Å². The van der Waals surface area contributed by atoms with E-state index in [4.69, 9.17) is 14.2 Å². The van der Waals surface area contributed by atoms with Gasteiger partial charge in [-0.25, -0.2) is 0 Å². The van der Waals surface area contributed by atoms with Crippen molar-refractivity contribution in [2.75, 3.05) is 33.4 Å². The second-order valence-corrected chi connectivity index (χ2v) is 6.31. The zero-order chi connectivity index (χ0) is 16.9. The number of fused-ring (bicyclic) bond motifs is 1. The maximum Gasteiger partial charge on any atom is 0.239 e. The van der Waals surface area contributed by atoms with Crippen LogP contribution in [0.2, 0.25) is 0 Å². The Morgan fingerprint density at radius 1 is 1.25 bits per heavy atom. The van der Waals surface area contributed by atoms with Crippen molar-refractivity contribution in [3.63, 3.8) is 0 Å². The van der Waals surface area contributed by atoms with Crippen LogP contribution in [0.1, 0.15) is 31.7 Å². The molecule has 24 heavy (non-hydrogen) atoms. The topological polar surface area (TPSA) is 60.0 Å². The van der Waals surface area contributed by atoms with Gasteiger partial charge in [0.15, 0.2) is 11.5 Å². The summed E-state index contributed by atoms with van der Waals surface area (Å²) in [6.07, 6.45) is 3.44. The van der Waals surface area contributed by atoms with Crippen molar-refractivity contribution in [3.05, 3.63) is 17.7 Å². The molecule has 0 spiro atoms. The van der Waals surface area contributed by atoms with Crippen LogP contribution in [0.4, 0.5) is 0 Å². The van der Waals surface area contributed by atoms with E-state index < -0.39 is 0 Å². The highest BCUT2D eigenvalue weighted by atomic mass is 16.6. The summed E-state index contributed by atoms with van der Waals surface area (Å²) in [6, 6.07) is 3.67. The molecule has 1 unspecified atom stereocenters. The van der Waals surface area contributed by atoms with Crippen molar-refractivity contribution in [2.45, 2.75) is 38.8 Å². The molecule has 2 aliphatic heterocycles. The third-order valence-electron chi connectivity index (χ3n) is 4.54. The zero-order valence-corrected chi connectivity index (χ0v) is 14.5. The minimum absolute atomic E-state index is 0.180. The normalized spacial score (nSPS) is 18.2. The number of nitrogens with zero attached hydrogens (tertiary/aromatic N) is 1. The van der Waals surface area contributed by atoms with Crippen molar-refractivity contribution >= 4 is 5.91 Å². The first-order valence-electron chi connectivity index (χ1n) is 8.67. The van der Waals surface area contributed by atoms with E-state index >= 15 is 0 Å². The Balaban J connectivity index is 1.62. The van der Waals surface area contributed by atoms with Crippen molar-refractivity contribution in [1.29, 1.82) is 0 Å². The first-order chi connectivity index (χ1) is 11.7. The van der Waals surface area contributed by atoms with E-state index in [2.05, 4.69) is 5.32 Å². The number of piperidine rings is 1. The highest BCUT2D eigenvalue weighted by Gasteiger charge is 2.22. The van der Waals surface area contributed by atoms with Gasteiger partial charge in [0, 0.05) is 19.6 Å². The van der Waals surface area contributed by atoms with Gasteiger partial charge >= 0.3 is 0 Å². The molecule has 0 radical (unpaired) electrons. The molecule has 0 saturated carbocycles. The lowest BCUT2D eigenvalue weighted by Crippen LogP contribution is -2.46. The summed E-state index contributed by atoms with van der Waals surface area (Å²) in [5, 5.41) is 3.31. The molecule has 1 aromatic rings. The second kappa shape index (κ2) is 7.75. The molecule has 1 fully saturated rings. The fourth-order valence-electron chi connectivity index (χ4n) is 3.18. The number of carbonyl (C=O) groups excluding carboxylic acids is 1. The van der Waals surface area contributed by atoms with E-state index in [1.165, 1.54) is 6.42 Å². The quantitative estimate of drug-likeness (QED) is 0.892. The summed E-state index contributed by atoms with van der Waals surface area (Å²) in [5.74, 6) is 2.20. The molecule has 132 valence electrons. The van der Waals surface area contributed by atoms with Crippen molar-refractivity contribution < 1.29 is 19.0 Å². The Morgan fingerprint density at radius 2 is 2.00 bits per heavy atom. The number of carbonyl (C=O) groups is 1. The molecule has 1 aromatic carbocycles. The first-order valence-corrected chi connectivity index (χ1v) is 8.67. The number of likely N-dealkylation sites (tertiary alicyclic amines) is 1. The molecule has 1 saturated heterocycles. The Hall–Kier alpha value is -1.95. The number of methoxy groups -OCH3 is 1. The van der Waals surface area contributed by atoms with Crippen LogP contribution in [0.5, 0.6) is 17.2 Å². The molecule has 1 N–H and O–H groups in total. The van der Waals surface area contributed by atoms with Crippen LogP contribution in [-0.2, 0) is 11.3 Å². The number of nitrogens with one attached hydrogen (secondary N) is 1. The number of benzene rings is 1. The lowest BCUT2D eigenvalue weighted by molar-refractivity contribution is -0.133. The molecule has 6 nitrogen and oxygen atoms in total. The number of hydrogen-bond acceptors (Lipinski definition) is 5. The van der Waals surface area contributed by atoms with Crippen molar-refractivity contribution in [2.24, 2.45) is 0 Å². The zero-order valence-electron chi connectivity index (χ0n) is 14.5. The molecule has 0 aliphatic carbocycles. The molecule has 2 heterocycles. The molecule has 1 amide bonds. The van der Waals surface area contributed by atoms with Gasteiger partial charge in [-0.15, -0.1) is 0 Å². The van der Waals surface area contributed by atoms with Crippen LogP contribution in [-0.4, -0.2) is 50.3 Å². The van der Waals surface area contributed by atoms with Gasteiger partial charge in [0.1, 0.15) is 13.2 Å². The third-order valence-corrected chi connectivity index (χ3v) is 4.54. The Morgan fingerprint density at radius 3 is 2.75 bits per heavy atom. The van der Waals surface area contributed by atoms with E-state index in [1.54, 1.807) is 7.11 Å². The van der Waals surface area contributed by atoms with Gasteiger partial charge in [-0.1, -0.05) is 0 Å². The van der Waals surface area contributed by atoms with Crippen LogP contribution >= 0.6 is 0 Å². The average molecular weight is 334 g/mol. The minimum atomic E-state index is -0.206. The Kier molecular flexibility index (Phi) is 5.45. The fraction of sp³-hybridized carbons (Fsp3) is 0.611.